The summed E-state index contributed by atoms with van der Waals surface area (Å²) in [5, 5.41) is 7.07. The Morgan fingerprint density at radius 2 is 1.86 bits per heavy atom. The fraction of sp³-hybridized carbons (Fsp3) is 0.575. The number of nitrogens with one attached hydrogen (secondary N) is 3. The SMILES string of the molecule is CC(C)n1c(O[C@@H]2C[C@H]3C(=O)N[C@]4(C(=O)NS(=O)(=O)C5CC5)C[C@H]4/C=C\CCCCC[C@H](NC(=O)OC(C)(C)C)C(=O)N3C2)nc2c(-c3cccs3)cccc21. The number of para-hydroxylation sites is 1. The van der Waals surface area contributed by atoms with Crippen molar-refractivity contribution in [1.29, 1.82) is 0 Å². The number of sulfonamides is 1. The maximum absolute atomic E-state index is 14.6. The van der Waals surface area contributed by atoms with Crippen LogP contribution < -0.4 is 20.1 Å². The summed E-state index contributed by atoms with van der Waals surface area (Å²) in [6.45, 7) is 9.28. The molecule has 2 aromatic heterocycles. The van der Waals surface area contributed by atoms with Crippen LogP contribution in [0, 0.1) is 5.92 Å². The lowest BCUT2D eigenvalue weighted by molar-refractivity contribution is -0.141. The minimum atomic E-state index is -3.89. The molecule has 56 heavy (non-hydrogen) atoms. The maximum Gasteiger partial charge on any atom is 0.408 e. The number of carbonyl (C=O) groups excluding carboxylic acids is 4. The van der Waals surface area contributed by atoms with Crippen LogP contribution in [-0.2, 0) is 29.1 Å². The summed E-state index contributed by atoms with van der Waals surface area (Å²) in [4.78, 5) is 63.4. The minimum Gasteiger partial charge on any atom is -0.459 e. The number of benzene rings is 1. The van der Waals surface area contributed by atoms with Gasteiger partial charge in [-0.05, 0) is 90.7 Å². The standard InChI is InChI=1S/C40H52N6O8S2/c1-24(2)46-30-16-11-14-28(32-17-12-20-55-32)33(30)42-37(46)53-26-21-31-34(47)43-40(36(49)44-56(51,52)27-18-19-27)22-25(40)13-9-7-6-8-10-15-29(35(48)45(31)23-26)41-38(50)54-39(3,4)5/h9,11-14,16-17,20,24-27,29,31H,6-8,10,15,18-19,21-23H2,1-5H3,(H,41,50)(H,43,47)(H,44,49)/b13-9-/t25-,26-,29+,31+,40-/m1/s1. The van der Waals surface area contributed by atoms with E-state index in [1.807, 2.05) is 66.3 Å². The zero-order chi connectivity index (χ0) is 40.0. The molecule has 0 unspecified atom stereocenters. The lowest BCUT2D eigenvalue weighted by Crippen LogP contribution is -2.58. The summed E-state index contributed by atoms with van der Waals surface area (Å²) in [6.07, 6.45) is 6.85. The Hall–Kier alpha value is -4.44. The number of amides is 4. The third kappa shape index (κ3) is 8.46. The van der Waals surface area contributed by atoms with Gasteiger partial charge >= 0.3 is 6.09 Å². The predicted octanol–water partition coefficient (Wildman–Crippen LogP) is 5.59. The van der Waals surface area contributed by atoms with Crippen LogP contribution in [0.4, 0.5) is 4.79 Å². The number of nitrogens with zero attached hydrogens (tertiary/aromatic N) is 3. The molecule has 0 radical (unpaired) electrons. The van der Waals surface area contributed by atoms with Crippen molar-refractivity contribution in [3.05, 3.63) is 47.9 Å². The highest BCUT2D eigenvalue weighted by molar-refractivity contribution is 7.91. The summed E-state index contributed by atoms with van der Waals surface area (Å²) < 4.78 is 42.2. The first-order valence-electron chi connectivity index (χ1n) is 19.6. The molecule has 2 aliphatic heterocycles. The third-order valence-electron chi connectivity index (χ3n) is 10.8. The van der Waals surface area contributed by atoms with E-state index in [0.717, 1.165) is 34.3 Å². The number of rotatable bonds is 8. The molecule has 4 heterocycles. The third-order valence-corrected chi connectivity index (χ3v) is 13.5. The van der Waals surface area contributed by atoms with Gasteiger partial charge in [0.15, 0.2) is 0 Å². The van der Waals surface area contributed by atoms with E-state index in [0.29, 0.717) is 38.1 Å². The molecule has 3 N–H and O–H groups in total. The van der Waals surface area contributed by atoms with Crippen molar-refractivity contribution in [1.82, 2.24) is 29.8 Å². The molecule has 1 aromatic carbocycles. The smallest absolute Gasteiger partial charge is 0.408 e. The number of ether oxygens (including phenoxy) is 2. The Balaban J connectivity index is 1.22. The zero-order valence-corrected chi connectivity index (χ0v) is 34.2. The highest BCUT2D eigenvalue weighted by atomic mass is 32.2. The van der Waals surface area contributed by atoms with Crippen LogP contribution in [0.3, 0.4) is 0 Å². The average molecular weight is 809 g/mol. The predicted molar refractivity (Wildman–Crippen MR) is 212 cm³/mol. The molecule has 4 aliphatic rings. The van der Waals surface area contributed by atoms with Gasteiger partial charge in [-0.15, -0.1) is 11.3 Å². The van der Waals surface area contributed by atoms with Crippen LogP contribution in [0.25, 0.3) is 21.5 Å². The van der Waals surface area contributed by atoms with Gasteiger partial charge in [-0.3, -0.25) is 23.7 Å². The second-order valence-corrected chi connectivity index (χ2v) is 19.6. The second kappa shape index (κ2) is 15.5. The normalized spacial score (nSPS) is 26.7. The molecule has 3 fully saturated rings. The number of hydrogen-bond acceptors (Lipinski definition) is 10. The number of hydrogen-bond donors (Lipinski definition) is 3. The zero-order valence-electron chi connectivity index (χ0n) is 32.6. The van der Waals surface area contributed by atoms with Crippen molar-refractivity contribution in [2.75, 3.05) is 6.54 Å². The van der Waals surface area contributed by atoms with Crippen LogP contribution in [0.15, 0.2) is 47.9 Å². The molecule has 1 saturated heterocycles. The summed E-state index contributed by atoms with van der Waals surface area (Å²) in [7, 11) is -3.89. The monoisotopic (exact) mass is 808 g/mol. The largest absolute Gasteiger partial charge is 0.459 e. The molecular formula is C40H52N6O8S2. The minimum absolute atomic E-state index is 0.00108. The molecule has 2 aliphatic carbocycles. The Morgan fingerprint density at radius 1 is 1.07 bits per heavy atom. The van der Waals surface area contributed by atoms with Crippen molar-refractivity contribution < 1.29 is 37.1 Å². The van der Waals surface area contributed by atoms with Gasteiger partial charge in [-0.25, -0.2) is 13.2 Å². The molecule has 0 bridgehead atoms. The average Bonchev–Trinajstić information content (AvgIpc) is 3.91. The van der Waals surface area contributed by atoms with Gasteiger partial charge < -0.3 is 25.0 Å². The van der Waals surface area contributed by atoms with Crippen molar-refractivity contribution >= 4 is 56.2 Å². The van der Waals surface area contributed by atoms with Crippen LogP contribution in [0.1, 0.15) is 98.4 Å². The Bertz CT molecular complexity index is 2120. The number of aromatic nitrogens is 2. The number of carbonyl (C=O) groups is 4. The van der Waals surface area contributed by atoms with E-state index < -0.39 is 74.3 Å². The van der Waals surface area contributed by atoms with E-state index in [9.17, 15) is 27.6 Å². The van der Waals surface area contributed by atoms with Crippen molar-refractivity contribution in [2.24, 2.45) is 5.92 Å². The van der Waals surface area contributed by atoms with Crippen molar-refractivity contribution in [3.8, 4) is 16.5 Å². The van der Waals surface area contributed by atoms with Gasteiger partial charge in [0.1, 0.15) is 34.8 Å². The van der Waals surface area contributed by atoms with Gasteiger partial charge in [0.05, 0.1) is 17.3 Å². The molecule has 2 saturated carbocycles. The molecule has 14 nitrogen and oxygen atoms in total. The number of fused-ring (bicyclic) bond motifs is 3. The van der Waals surface area contributed by atoms with Gasteiger partial charge in [-0.1, -0.05) is 43.2 Å². The van der Waals surface area contributed by atoms with Gasteiger partial charge in [-0.2, -0.15) is 4.98 Å². The van der Waals surface area contributed by atoms with E-state index in [1.54, 1.807) is 32.1 Å². The first kappa shape index (κ1) is 39.8. The molecule has 16 heteroatoms. The van der Waals surface area contributed by atoms with E-state index in [-0.39, 0.29) is 25.4 Å². The molecule has 4 amide bonds. The lowest BCUT2D eigenvalue weighted by atomic mass is 10.0. The number of imidazole rings is 1. The van der Waals surface area contributed by atoms with Crippen molar-refractivity contribution in [3.63, 3.8) is 0 Å². The topological polar surface area (TPSA) is 178 Å². The summed E-state index contributed by atoms with van der Waals surface area (Å²) >= 11 is 1.61. The molecule has 0 spiro atoms. The first-order valence-corrected chi connectivity index (χ1v) is 22.0. The number of allylic oxidation sites excluding steroid dienone is 1. The Kier molecular flexibility index (Phi) is 11.0. The summed E-state index contributed by atoms with van der Waals surface area (Å²) in [5.74, 6) is -2.29. The summed E-state index contributed by atoms with van der Waals surface area (Å²) in [5.41, 5.74) is 0.311. The van der Waals surface area contributed by atoms with Crippen LogP contribution in [0.2, 0.25) is 0 Å². The second-order valence-electron chi connectivity index (χ2n) is 16.7. The van der Waals surface area contributed by atoms with E-state index in [4.69, 9.17) is 14.5 Å². The molecule has 5 atom stereocenters. The van der Waals surface area contributed by atoms with Gasteiger partial charge in [0.2, 0.25) is 21.8 Å². The van der Waals surface area contributed by atoms with Crippen LogP contribution in [0.5, 0.6) is 6.01 Å². The highest BCUT2D eigenvalue weighted by Crippen LogP contribution is 2.46. The number of thiophene rings is 1. The molecule has 3 aromatic rings. The number of alkyl carbamates (subject to hydrolysis) is 1. The van der Waals surface area contributed by atoms with Gasteiger partial charge in [0, 0.05) is 28.8 Å². The van der Waals surface area contributed by atoms with Crippen molar-refractivity contribution in [2.45, 2.75) is 133 Å². The fourth-order valence-corrected chi connectivity index (χ4v) is 9.87. The quantitative estimate of drug-likeness (QED) is 0.245. The van der Waals surface area contributed by atoms with Crippen LogP contribution in [-0.4, -0.2) is 87.8 Å². The molecular weight excluding hydrogens is 757 g/mol. The highest BCUT2D eigenvalue weighted by Gasteiger charge is 2.62. The van der Waals surface area contributed by atoms with Crippen LogP contribution >= 0.6 is 11.3 Å². The molecule has 302 valence electrons. The van der Waals surface area contributed by atoms with E-state index in [2.05, 4.69) is 15.4 Å². The maximum atomic E-state index is 14.6. The van der Waals surface area contributed by atoms with E-state index >= 15 is 0 Å². The van der Waals surface area contributed by atoms with Gasteiger partial charge in [0.25, 0.3) is 11.9 Å². The Morgan fingerprint density at radius 3 is 2.55 bits per heavy atom. The Labute approximate surface area is 331 Å². The lowest BCUT2D eigenvalue weighted by Gasteiger charge is -2.30. The first-order chi connectivity index (χ1) is 26.6. The van der Waals surface area contributed by atoms with E-state index in [1.165, 1.54) is 4.90 Å². The fourth-order valence-electron chi connectivity index (χ4n) is 7.75. The summed E-state index contributed by atoms with van der Waals surface area (Å²) in [6, 6.07) is 8.22. The molecule has 7 rings (SSSR count).